The smallest absolute Gasteiger partial charge is 0.354 e. The minimum Gasteiger partial charge on any atom is -0.477 e. The number of rotatable bonds is 10. The number of aromatic nitrogens is 5. The van der Waals surface area contributed by atoms with E-state index in [1.807, 2.05) is 0 Å². The van der Waals surface area contributed by atoms with Gasteiger partial charge in [-0.2, -0.15) is 4.98 Å². The molecule has 1 saturated carbocycles. The highest BCUT2D eigenvalue weighted by molar-refractivity contribution is 5.88. The number of nitrogens with zero attached hydrogens (tertiary/aromatic N) is 7. The number of hydrogen-bond donors (Lipinski definition) is 1. The van der Waals surface area contributed by atoms with Crippen molar-refractivity contribution in [3.63, 3.8) is 0 Å². The van der Waals surface area contributed by atoms with Crippen LogP contribution >= 0.6 is 0 Å². The van der Waals surface area contributed by atoms with Crippen molar-refractivity contribution in [2.24, 2.45) is 5.41 Å². The van der Waals surface area contributed by atoms with Gasteiger partial charge in [-0.1, -0.05) is 12.1 Å². The molecule has 0 aliphatic heterocycles. The number of halogens is 3. The normalized spacial score (nSPS) is 13.3. The molecule has 224 valence electrons. The van der Waals surface area contributed by atoms with Crippen LogP contribution in [-0.2, 0) is 19.6 Å². The highest BCUT2D eigenvalue weighted by atomic mass is 19.1. The summed E-state index contributed by atoms with van der Waals surface area (Å²) in [4.78, 5) is 35.2. The van der Waals surface area contributed by atoms with Gasteiger partial charge in [0.15, 0.2) is 17.0 Å². The summed E-state index contributed by atoms with van der Waals surface area (Å²) in [5.74, 6) is -2.98. The van der Waals surface area contributed by atoms with E-state index in [-0.39, 0.29) is 64.8 Å². The summed E-state index contributed by atoms with van der Waals surface area (Å²) in [5, 5.41) is 9.46. The monoisotopic (exact) mass is 609 g/mol. The maximum absolute atomic E-state index is 15.5. The molecule has 0 bridgehead atoms. The number of fused-ring (bicyclic) bond motifs is 1. The molecule has 0 spiro atoms. The van der Waals surface area contributed by atoms with Gasteiger partial charge in [-0.05, 0) is 54.8 Å². The van der Waals surface area contributed by atoms with E-state index < -0.39 is 23.4 Å². The summed E-state index contributed by atoms with van der Waals surface area (Å²) >= 11 is 0. The number of imidazole rings is 1. The van der Waals surface area contributed by atoms with E-state index in [1.165, 1.54) is 36.5 Å². The summed E-state index contributed by atoms with van der Waals surface area (Å²) in [6.07, 6.45) is 2.79. The number of ether oxygens (including phenoxy) is 1. The number of aromatic carboxylic acids is 1. The molecule has 0 amide bonds. The quantitative estimate of drug-likeness (QED) is 0.182. The standard InChI is InChI=1S/C32H22F3N7O3/c1-36-16-32(8-9-32)17-42-28(39-26-5-6-27(30(43)44)40-29(26)42)12-19-11-24(35)21(14-23(19)34)25-7-10-38-31(41-25)45-15-18-3-4-20(37-2)13-22(18)33/h3-7,10-11,13-14H,8-9,12,15-17H2,(H,43,44). The first-order chi connectivity index (χ1) is 21.7. The lowest BCUT2D eigenvalue weighted by Gasteiger charge is -2.14. The fourth-order valence-electron chi connectivity index (χ4n) is 5.03. The topological polar surface area (TPSA) is 112 Å². The number of carboxylic acids is 1. The average Bonchev–Trinajstić information content (AvgIpc) is 3.71. The third-order valence-corrected chi connectivity index (χ3v) is 7.67. The van der Waals surface area contributed by atoms with Gasteiger partial charge in [0.05, 0.1) is 17.7 Å². The third kappa shape index (κ3) is 6.01. The van der Waals surface area contributed by atoms with E-state index >= 15 is 8.78 Å². The fraction of sp³-hybridized carbons (Fsp3) is 0.219. The first-order valence-corrected chi connectivity index (χ1v) is 13.7. The van der Waals surface area contributed by atoms with Crippen LogP contribution in [0, 0.1) is 36.0 Å². The van der Waals surface area contributed by atoms with Crippen LogP contribution in [0.5, 0.6) is 6.01 Å². The SMILES string of the molecule is [C-]#[N+]CC1(Cn2c(Cc3cc(F)c(-c4ccnc(OCc5ccc([N+]#[C-])cc5F)n4)cc3F)nc3ccc(C(=O)O)nc32)CC1. The Bertz CT molecular complexity index is 2060. The van der Waals surface area contributed by atoms with Crippen molar-refractivity contribution in [2.75, 3.05) is 6.54 Å². The van der Waals surface area contributed by atoms with Crippen molar-refractivity contribution in [3.05, 3.63) is 118 Å². The molecule has 13 heteroatoms. The predicted octanol–water partition coefficient (Wildman–Crippen LogP) is 6.42. The zero-order valence-electron chi connectivity index (χ0n) is 23.5. The molecule has 5 aromatic rings. The Morgan fingerprint density at radius 2 is 1.78 bits per heavy atom. The Morgan fingerprint density at radius 3 is 2.49 bits per heavy atom. The number of benzene rings is 2. The van der Waals surface area contributed by atoms with Crippen molar-refractivity contribution >= 4 is 22.8 Å². The van der Waals surface area contributed by atoms with Crippen molar-refractivity contribution in [3.8, 4) is 17.3 Å². The Labute approximate surface area is 254 Å². The molecule has 45 heavy (non-hydrogen) atoms. The van der Waals surface area contributed by atoms with Crippen LogP contribution in [0.4, 0.5) is 18.9 Å². The first kappa shape index (κ1) is 29.3. The van der Waals surface area contributed by atoms with E-state index in [1.54, 1.807) is 4.57 Å². The Kier molecular flexibility index (Phi) is 7.60. The summed E-state index contributed by atoms with van der Waals surface area (Å²) < 4.78 is 52.4. The molecule has 3 aromatic heterocycles. The molecule has 1 aliphatic rings. The zero-order valence-corrected chi connectivity index (χ0v) is 23.5. The highest BCUT2D eigenvalue weighted by Gasteiger charge is 2.47. The minimum absolute atomic E-state index is 0.00477. The molecule has 1 fully saturated rings. The van der Waals surface area contributed by atoms with E-state index in [0.29, 0.717) is 23.5 Å². The number of pyridine rings is 1. The predicted molar refractivity (Wildman–Crippen MR) is 155 cm³/mol. The Hall–Kier alpha value is -5.82. The van der Waals surface area contributed by atoms with Crippen LogP contribution in [0.2, 0.25) is 0 Å². The molecule has 0 radical (unpaired) electrons. The van der Waals surface area contributed by atoms with Crippen LogP contribution in [-0.4, -0.2) is 42.1 Å². The zero-order chi connectivity index (χ0) is 31.7. The van der Waals surface area contributed by atoms with Crippen molar-refractivity contribution < 1.29 is 27.8 Å². The third-order valence-electron chi connectivity index (χ3n) is 7.67. The molecule has 10 nitrogen and oxygen atoms in total. The lowest BCUT2D eigenvalue weighted by Crippen LogP contribution is -2.17. The first-order valence-electron chi connectivity index (χ1n) is 13.7. The second-order valence-corrected chi connectivity index (χ2v) is 10.8. The molecular formula is C32H22F3N7O3. The summed E-state index contributed by atoms with van der Waals surface area (Å²) in [5.41, 5.74) is 0.428. The molecule has 0 unspecified atom stereocenters. The van der Waals surface area contributed by atoms with Gasteiger partial charge < -0.3 is 19.3 Å². The van der Waals surface area contributed by atoms with Crippen LogP contribution in [0.3, 0.4) is 0 Å². The second-order valence-electron chi connectivity index (χ2n) is 10.8. The van der Waals surface area contributed by atoms with Gasteiger partial charge in [-0.15, -0.1) is 0 Å². The van der Waals surface area contributed by atoms with Crippen LogP contribution < -0.4 is 4.74 Å². The van der Waals surface area contributed by atoms with Gasteiger partial charge in [0.2, 0.25) is 6.54 Å². The van der Waals surface area contributed by atoms with E-state index in [9.17, 15) is 14.3 Å². The molecule has 3 heterocycles. The van der Waals surface area contributed by atoms with E-state index in [2.05, 4.69) is 29.6 Å². The summed E-state index contributed by atoms with van der Waals surface area (Å²) in [6, 6.07) is 10.0. The molecule has 6 rings (SSSR count). The molecule has 1 aliphatic carbocycles. The largest absolute Gasteiger partial charge is 0.477 e. The van der Waals surface area contributed by atoms with E-state index in [4.69, 9.17) is 17.9 Å². The van der Waals surface area contributed by atoms with Gasteiger partial charge in [0.25, 0.3) is 0 Å². The molecule has 0 atom stereocenters. The van der Waals surface area contributed by atoms with Crippen molar-refractivity contribution in [1.82, 2.24) is 24.5 Å². The van der Waals surface area contributed by atoms with E-state index in [0.717, 1.165) is 31.0 Å². The highest BCUT2D eigenvalue weighted by Crippen LogP contribution is 2.48. The van der Waals surface area contributed by atoms with Gasteiger partial charge in [-0.3, -0.25) is 0 Å². The maximum atomic E-state index is 15.5. The van der Waals surface area contributed by atoms with Crippen molar-refractivity contribution in [1.29, 1.82) is 0 Å². The van der Waals surface area contributed by atoms with Crippen LogP contribution in [0.1, 0.15) is 40.3 Å². The Balaban J connectivity index is 1.28. The van der Waals surface area contributed by atoms with Crippen molar-refractivity contribution in [2.45, 2.75) is 32.4 Å². The summed E-state index contributed by atoms with van der Waals surface area (Å²) in [6.45, 7) is 14.7. The van der Waals surface area contributed by atoms with Gasteiger partial charge in [-0.25, -0.2) is 44.3 Å². The molecular weight excluding hydrogens is 587 g/mol. The van der Waals surface area contributed by atoms with Gasteiger partial charge >= 0.3 is 12.0 Å². The van der Waals surface area contributed by atoms with Crippen LogP contribution in [0.25, 0.3) is 32.1 Å². The van der Waals surface area contributed by atoms with Crippen LogP contribution in [0.15, 0.2) is 54.7 Å². The second kappa shape index (κ2) is 11.7. The fourth-order valence-corrected chi connectivity index (χ4v) is 5.03. The lowest BCUT2D eigenvalue weighted by molar-refractivity contribution is 0.0691. The summed E-state index contributed by atoms with van der Waals surface area (Å²) in [7, 11) is 0. The number of carboxylic acid groups (broad SMARTS) is 1. The number of carbonyl (C=O) groups is 1. The minimum atomic E-state index is -1.21. The molecule has 2 aromatic carbocycles. The Morgan fingerprint density at radius 1 is 0.978 bits per heavy atom. The lowest BCUT2D eigenvalue weighted by atomic mass is 10.0. The molecule has 0 saturated heterocycles. The average molecular weight is 610 g/mol. The van der Waals surface area contributed by atoms with Gasteiger partial charge in [0, 0.05) is 30.3 Å². The maximum Gasteiger partial charge on any atom is 0.354 e. The number of hydrogen-bond acceptors (Lipinski definition) is 6. The van der Waals surface area contributed by atoms with Gasteiger partial charge in [0.1, 0.15) is 35.4 Å². The molecule has 1 N–H and O–H groups in total.